The average molecular weight is 474 g/mol. The van der Waals surface area contributed by atoms with Crippen molar-refractivity contribution in [2.75, 3.05) is 19.7 Å². The summed E-state index contributed by atoms with van der Waals surface area (Å²) < 4.78 is 29.7. The molecule has 3 rings (SSSR count). The Hall–Kier alpha value is -3.40. The van der Waals surface area contributed by atoms with Gasteiger partial charge in [0.15, 0.2) is 9.84 Å². The van der Waals surface area contributed by atoms with Gasteiger partial charge in [0.05, 0.1) is 18.0 Å². The second-order valence-electron chi connectivity index (χ2n) is 8.10. The first-order chi connectivity index (χ1) is 15.7. The van der Waals surface area contributed by atoms with Crippen LogP contribution in [-0.4, -0.2) is 50.0 Å². The molecule has 0 radical (unpaired) electrons. The van der Waals surface area contributed by atoms with Gasteiger partial charge in [0.1, 0.15) is 5.56 Å². The number of hydrogen-bond donors (Lipinski definition) is 2. The highest BCUT2D eigenvalue weighted by molar-refractivity contribution is 7.94. The third-order valence-corrected chi connectivity index (χ3v) is 6.46. The van der Waals surface area contributed by atoms with E-state index in [4.69, 9.17) is 4.74 Å². The molecule has 0 fully saturated rings. The number of aromatic amines is 1. The van der Waals surface area contributed by atoms with Gasteiger partial charge in [0.25, 0.3) is 11.5 Å². The van der Waals surface area contributed by atoms with E-state index in [2.05, 4.69) is 10.3 Å². The van der Waals surface area contributed by atoms with Crippen LogP contribution in [0.4, 0.5) is 4.79 Å². The molecule has 2 amide bonds. The van der Waals surface area contributed by atoms with Crippen LogP contribution in [0.15, 0.2) is 57.6 Å². The molecule has 1 aromatic carbocycles. The smallest absolute Gasteiger partial charge is 0.410 e. The first kappa shape index (κ1) is 24.2. The zero-order valence-corrected chi connectivity index (χ0v) is 19.4. The van der Waals surface area contributed by atoms with Crippen LogP contribution in [0.2, 0.25) is 0 Å². The molecule has 176 valence electrons. The fourth-order valence-corrected chi connectivity index (χ4v) is 4.31. The molecule has 9 nitrogen and oxygen atoms in total. The lowest BCUT2D eigenvalue weighted by Gasteiger charge is -2.28. The molecule has 0 aliphatic carbocycles. The Bertz CT molecular complexity index is 1200. The summed E-state index contributed by atoms with van der Waals surface area (Å²) in [5, 5.41) is 3.54. The standard InChI is InChI=1S/C23H27N3O6S/c1-16(2)15-32-23(29)26-11-9-20-17(14-26)13-19(22(28)25-20)21(27)24-10-6-12-33(30,31)18-7-4-3-5-8-18/h3-8,12-13,16H,9-11,14-15H2,1-2H3,(H,24,27)(H,25,28)/b12-6+. The lowest BCUT2D eigenvalue weighted by molar-refractivity contribution is 0.0876. The summed E-state index contributed by atoms with van der Waals surface area (Å²) >= 11 is 0. The van der Waals surface area contributed by atoms with Gasteiger partial charge in [-0.1, -0.05) is 38.1 Å². The van der Waals surface area contributed by atoms with Crippen molar-refractivity contribution in [2.45, 2.75) is 31.7 Å². The van der Waals surface area contributed by atoms with E-state index < -0.39 is 27.4 Å². The number of nitrogens with one attached hydrogen (secondary N) is 2. The molecule has 2 aromatic rings. The number of carbonyl (C=O) groups excluding carboxylic acids is 2. The molecule has 0 unspecified atom stereocenters. The first-order valence-corrected chi connectivity index (χ1v) is 12.1. The van der Waals surface area contributed by atoms with Gasteiger partial charge >= 0.3 is 6.09 Å². The minimum Gasteiger partial charge on any atom is -0.449 e. The van der Waals surface area contributed by atoms with Crippen molar-refractivity contribution in [1.82, 2.24) is 15.2 Å². The van der Waals surface area contributed by atoms with E-state index in [9.17, 15) is 22.8 Å². The summed E-state index contributed by atoms with van der Waals surface area (Å²) in [6.07, 6.45) is 1.32. The monoisotopic (exact) mass is 473 g/mol. The Morgan fingerprint density at radius 2 is 1.97 bits per heavy atom. The van der Waals surface area contributed by atoms with E-state index in [1.165, 1.54) is 29.2 Å². The van der Waals surface area contributed by atoms with Crippen molar-refractivity contribution < 1.29 is 22.7 Å². The van der Waals surface area contributed by atoms with Crippen LogP contribution in [0.3, 0.4) is 0 Å². The molecule has 2 heterocycles. The number of aromatic nitrogens is 1. The van der Waals surface area contributed by atoms with Crippen LogP contribution in [0.25, 0.3) is 0 Å². The SMILES string of the molecule is CC(C)COC(=O)N1CCc2[nH]c(=O)c(C(=O)NC/C=C/S(=O)(=O)c3ccccc3)cc2C1. The highest BCUT2D eigenvalue weighted by Gasteiger charge is 2.24. The Morgan fingerprint density at radius 3 is 2.67 bits per heavy atom. The zero-order valence-electron chi connectivity index (χ0n) is 18.5. The highest BCUT2D eigenvalue weighted by atomic mass is 32.2. The molecule has 1 aliphatic rings. The molecule has 1 aliphatic heterocycles. The molecule has 0 saturated carbocycles. The number of amides is 2. The Kier molecular flexibility index (Phi) is 7.70. The quantitative estimate of drug-likeness (QED) is 0.635. The normalized spacial score (nSPS) is 13.7. The van der Waals surface area contributed by atoms with Crippen molar-refractivity contribution in [1.29, 1.82) is 0 Å². The van der Waals surface area contributed by atoms with Crippen molar-refractivity contribution in [2.24, 2.45) is 5.92 Å². The Labute approximate surface area is 192 Å². The third-order valence-electron chi connectivity index (χ3n) is 4.98. The van der Waals surface area contributed by atoms with Gasteiger partial charge in [0.2, 0.25) is 0 Å². The number of pyridine rings is 1. The number of benzene rings is 1. The predicted octanol–water partition coefficient (Wildman–Crippen LogP) is 2.24. The van der Waals surface area contributed by atoms with E-state index >= 15 is 0 Å². The zero-order chi connectivity index (χ0) is 24.0. The van der Waals surface area contributed by atoms with Crippen LogP contribution in [0, 0.1) is 5.92 Å². The van der Waals surface area contributed by atoms with Crippen molar-refractivity contribution in [3.05, 3.63) is 75.1 Å². The van der Waals surface area contributed by atoms with E-state index in [0.29, 0.717) is 30.8 Å². The number of sulfone groups is 1. The van der Waals surface area contributed by atoms with Crippen molar-refractivity contribution >= 4 is 21.8 Å². The number of H-pyrrole nitrogens is 1. The largest absolute Gasteiger partial charge is 0.449 e. The molecule has 0 saturated heterocycles. The summed E-state index contributed by atoms with van der Waals surface area (Å²) in [4.78, 5) is 41.5. The predicted molar refractivity (Wildman–Crippen MR) is 122 cm³/mol. The first-order valence-electron chi connectivity index (χ1n) is 10.6. The fraction of sp³-hybridized carbons (Fsp3) is 0.348. The maximum absolute atomic E-state index is 12.5. The minimum absolute atomic E-state index is 0.0743. The van der Waals surface area contributed by atoms with Crippen LogP contribution in [0.5, 0.6) is 0 Å². The summed E-state index contributed by atoms with van der Waals surface area (Å²) in [7, 11) is -3.62. The second kappa shape index (κ2) is 10.5. The number of ether oxygens (including phenoxy) is 1. The van der Waals surface area contributed by atoms with Gasteiger partial charge < -0.3 is 19.9 Å². The molecule has 0 spiro atoms. The van der Waals surface area contributed by atoms with Crippen molar-refractivity contribution in [3.63, 3.8) is 0 Å². The number of nitrogens with zero attached hydrogens (tertiary/aromatic N) is 1. The lowest BCUT2D eigenvalue weighted by atomic mass is 10.0. The topological polar surface area (TPSA) is 126 Å². The van der Waals surface area contributed by atoms with E-state index in [-0.39, 0.29) is 29.5 Å². The molecule has 33 heavy (non-hydrogen) atoms. The van der Waals surface area contributed by atoms with Crippen LogP contribution >= 0.6 is 0 Å². The van der Waals surface area contributed by atoms with E-state index in [1.54, 1.807) is 18.2 Å². The van der Waals surface area contributed by atoms with Gasteiger partial charge in [-0.05, 0) is 29.7 Å². The molecule has 10 heteroatoms. The van der Waals surface area contributed by atoms with Crippen LogP contribution in [-0.2, 0) is 27.5 Å². The fourth-order valence-electron chi connectivity index (χ4n) is 3.27. The summed E-state index contributed by atoms with van der Waals surface area (Å²) in [6, 6.07) is 9.38. The highest BCUT2D eigenvalue weighted by Crippen LogP contribution is 2.18. The van der Waals surface area contributed by atoms with Gasteiger partial charge in [-0.2, -0.15) is 0 Å². The maximum atomic E-state index is 12.5. The second-order valence-corrected chi connectivity index (χ2v) is 9.93. The number of fused-ring (bicyclic) bond motifs is 1. The summed E-state index contributed by atoms with van der Waals surface area (Å²) in [5.41, 5.74) is 0.696. The van der Waals surface area contributed by atoms with E-state index in [1.807, 2.05) is 13.8 Å². The van der Waals surface area contributed by atoms with Gasteiger partial charge in [0, 0.05) is 30.6 Å². The van der Waals surface area contributed by atoms with Gasteiger partial charge in [-0.15, -0.1) is 0 Å². The molecule has 0 atom stereocenters. The molecular weight excluding hydrogens is 446 g/mol. The molecule has 2 N–H and O–H groups in total. The number of hydrogen-bond acceptors (Lipinski definition) is 6. The number of carbonyl (C=O) groups is 2. The van der Waals surface area contributed by atoms with Crippen LogP contribution < -0.4 is 10.9 Å². The Balaban J connectivity index is 1.64. The molecule has 1 aromatic heterocycles. The van der Waals surface area contributed by atoms with Gasteiger partial charge in [-0.25, -0.2) is 13.2 Å². The Morgan fingerprint density at radius 1 is 1.24 bits per heavy atom. The average Bonchev–Trinajstić information content (AvgIpc) is 2.80. The summed E-state index contributed by atoms with van der Waals surface area (Å²) in [5.74, 6) is -0.422. The maximum Gasteiger partial charge on any atom is 0.410 e. The number of rotatable bonds is 7. The van der Waals surface area contributed by atoms with Crippen LogP contribution in [0.1, 0.15) is 35.5 Å². The van der Waals surface area contributed by atoms with Gasteiger partial charge in [-0.3, -0.25) is 9.59 Å². The third kappa shape index (κ3) is 6.32. The van der Waals surface area contributed by atoms with E-state index in [0.717, 1.165) is 5.41 Å². The summed E-state index contributed by atoms with van der Waals surface area (Å²) in [6.45, 7) is 4.76. The molecular formula is C23H27N3O6S. The minimum atomic E-state index is -3.62. The lowest BCUT2D eigenvalue weighted by Crippen LogP contribution is -2.39. The molecule has 0 bridgehead atoms. The van der Waals surface area contributed by atoms with Crippen molar-refractivity contribution in [3.8, 4) is 0 Å².